The van der Waals surface area contributed by atoms with Crippen LogP contribution in [0.2, 0.25) is 0 Å². The van der Waals surface area contributed by atoms with E-state index in [0.29, 0.717) is 41.1 Å². The van der Waals surface area contributed by atoms with E-state index < -0.39 is 12.2 Å². The van der Waals surface area contributed by atoms with E-state index in [1.807, 2.05) is 14.0 Å². The highest BCUT2D eigenvalue weighted by Gasteiger charge is 2.70. The Hall–Kier alpha value is -0.160. The molecule has 0 aliphatic heterocycles. The second-order valence-electron chi connectivity index (χ2n) is 19.7. The third-order valence-electron chi connectivity index (χ3n) is 15.8. The van der Waals surface area contributed by atoms with Crippen molar-refractivity contribution < 1.29 is 20.1 Å². The van der Waals surface area contributed by atoms with Gasteiger partial charge in [-0.25, -0.2) is 0 Å². The fourth-order valence-electron chi connectivity index (χ4n) is 13.8. The molecular weight excluding hydrogens is 544 g/mol. The molecule has 0 saturated heterocycles. The van der Waals surface area contributed by atoms with Gasteiger partial charge < -0.3 is 20.1 Å². The first-order valence-corrected chi connectivity index (χ1v) is 19.0. The maximum absolute atomic E-state index is 12.6. The van der Waals surface area contributed by atoms with Crippen LogP contribution in [0.15, 0.2) is 0 Å². The van der Waals surface area contributed by atoms with Gasteiger partial charge in [0.1, 0.15) is 0 Å². The summed E-state index contributed by atoms with van der Waals surface area (Å²) < 4.78 is 6.29. The molecule has 0 amide bonds. The summed E-state index contributed by atoms with van der Waals surface area (Å²) in [6, 6.07) is 0. The van der Waals surface area contributed by atoms with E-state index in [4.69, 9.17) is 4.74 Å². The third-order valence-corrected chi connectivity index (χ3v) is 15.8. The maximum atomic E-state index is 12.6. The summed E-state index contributed by atoms with van der Waals surface area (Å²) in [4.78, 5) is 0. The number of aliphatic hydroxyl groups excluding tert-OH is 3. The number of ether oxygens (including phenoxy) is 1. The van der Waals surface area contributed by atoms with Crippen LogP contribution in [0, 0.1) is 80.8 Å². The van der Waals surface area contributed by atoms with Crippen LogP contribution in [0.5, 0.6) is 0 Å². The van der Waals surface area contributed by atoms with E-state index in [0.717, 1.165) is 18.8 Å². The van der Waals surface area contributed by atoms with Crippen molar-refractivity contribution >= 4 is 0 Å². The van der Waals surface area contributed by atoms with E-state index in [2.05, 4.69) is 62.3 Å². The second-order valence-corrected chi connectivity index (χ2v) is 19.7. The summed E-state index contributed by atoms with van der Waals surface area (Å²) in [5.74, 6) is 3.97. The second kappa shape index (κ2) is 12.4. The van der Waals surface area contributed by atoms with Gasteiger partial charge in [-0.2, -0.15) is 0 Å². The van der Waals surface area contributed by atoms with Gasteiger partial charge in [-0.3, -0.25) is 0 Å². The summed E-state index contributed by atoms with van der Waals surface area (Å²) in [6.45, 7) is 23.3. The molecule has 0 spiro atoms. The molecule has 5 saturated carbocycles. The zero-order valence-corrected chi connectivity index (χ0v) is 30.6. The van der Waals surface area contributed by atoms with Gasteiger partial charge in [0.2, 0.25) is 0 Å². The molecule has 0 bridgehead atoms. The predicted octanol–water partition coefficient (Wildman–Crippen LogP) is 8.75. The summed E-state index contributed by atoms with van der Waals surface area (Å²) in [5, 5.41) is 35.5. The summed E-state index contributed by atoms with van der Waals surface area (Å²) in [5.41, 5.74) is 0.0981. The van der Waals surface area contributed by atoms with Crippen LogP contribution in [-0.2, 0) is 4.74 Å². The number of methoxy groups -OCH3 is 1. The van der Waals surface area contributed by atoms with Crippen molar-refractivity contribution in [3.8, 4) is 0 Å². The van der Waals surface area contributed by atoms with Crippen molar-refractivity contribution in [3.05, 3.63) is 0 Å². The molecule has 0 heterocycles. The molecule has 256 valence electrons. The minimum atomic E-state index is -0.558. The molecule has 17 atom stereocenters. The topological polar surface area (TPSA) is 69.9 Å². The molecule has 0 aromatic carbocycles. The highest BCUT2D eigenvalue weighted by atomic mass is 16.5. The van der Waals surface area contributed by atoms with Crippen molar-refractivity contribution in [1.82, 2.24) is 0 Å². The molecule has 4 nitrogen and oxygen atoms in total. The third kappa shape index (κ3) is 5.78. The van der Waals surface area contributed by atoms with Gasteiger partial charge in [0, 0.05) is 18.4 Å². The van der Waals surface area contributed by atoms with Crippen LogP contribution in [-0.4, -0.2) is 46.8 Å². The Kier molecular flexibility index (Phi) is 9.89. The molecule has 0 radical (unpaired) electrons. The van der Waals surface area contributed by atoms with E-state index in [9.17, 15) is 15.3 Å². The van der Waals surface area contributed by atoms with Crippen molar-refractivity contribution in [2.75, 3.05) is 7.11 Å². The largest absolute Gasteiger partial charge is 0.393 e. The fraction of sp³-hybridized carbons (Fsp3) is 1.00. The monoisotopic (exact) mass is 617 g/mol. The van der Waals surface area contributed by atoms with Crippen molar-refractivity contribution in [2.45, 2.75) is 164 Å². The number of rotatable bonds is 6. The molecule has 5 aliphatic carbocycles. The van der Waals surface area contributed by atoms with Crippen LogP contribution in [0.25, 0.3) is 0 Å². The van der Waals surface area contributed by atoms with Crippen LogP contribution in [0.3, 0.4) is 0 Å². The minimum absolute atomic E-state index is 0.0255. The predicted molar refractivity (Wildman–Crippen MR) is 181 cm³/mol. The average molecular weight is 617 g/mol. The molecule has 3 N–H and O–H groups in total. The van der Waals surface area contributed by atoms with Crippen LogP contribution < -0.4 is 0 Å². The quantitative estimate of drug-likeness (QED) is 0.279. The Balaban J connectivity index is 1.44. The van der Waals surface area contributed by atoms with Gasteiger partial charge in [-0.05, 0) is 128 Å². The van der Waals surface area contributed by atoms with Crippen LogP contribution >= 0.6 is 0 Å². The Morgan fingerprint density at radius 2 is 1.57 bits per heavy atom. The molecule has 5 aliphatic rings. The molecule has 44 heavy (non-hydrogen) atoms. The summed E-state index contributed by atoms with van der Waals surface area (Å²) >= 11 is 0. The average Bonchev–Trinajstić information content (AvgIpc) is 2.89. The zero-order chi connectivity index (χ0) is 32.6. The Bertz CT molecular complexity index is 988. The first-order chi connectivity index (χ1) is 20.4. The lowest BCUT2D eigenvalue weighted by Crippen LogP contribution is -2.70. The maximum Gasteiger partial charge on any atom is 0.0656 e. The first-order valence-electron chi connectivity index (χ1n) is 19.0. The molecular formula is C40H72O4. The van der Waals surface area contributed by atoms with E-state index in [1.54, 1.807) is 0 Å². The zero-order valence-electron chi connectivity index (χ0n) is 30.6. The van der Waals surface area contributed by atoms with Gasteiger partial charge in [0.15, 0.2) is 0 Å². The molecule has 5 rings (SSSR count). The molecule has 0 aromatic rings. The number of hydrogen-bond donors (Lipinski definition) is 3. The lowest BCUT2D eigenvalue weighted by molar-refractivity contribution is -0.281. The Labute approximate surface area is 271 Å². The minimum Gasteiger partial charge on any atom is -0.393 e. The van der Waals surface area contributed by atoms with Crippen LogP contribution in [0.4, 0.5) is 0 Å². The Morgan fingerprint density at radius 1 is 0.886 bits per heavy atom. The van der Waals surface area contributed by atoms with Gasteiger partial charge >= 0.3 is 0 Å². The van der Waals surface area contributed by atoms with Gasteiger partial charge in [-0.1, -0.05) is 81.6 Å². The first kappa shape index (κ1) is 35.2. The van der Waals surface area contributed by atoms with Crippen molar-refractivity contribution in [1.29, 1.82) is 0 Å². The molecule has 17 unspecified atom stereocenters. The van der Waals surface area contributed by atoms with Crippen molar-refractivity contribution in [2.24, 2.45) is 80.8 Å². The number of fused-ring (bicyclic) bond motifs is 3. The summed E-state index contributed by atoms with van der Waals surface area (Å²) in [7, 11) is 1.95. The molecule has 4 heteroatoms. The van der Waals surface area contributed by atoms with Gasteiger partial charge in [0.05, 0.1) is 24.4 Å². The van der Waals surface area contributed by atoms with Crippen molar-refractivity contribution in [3.63, 3.8) is 0 Å². The fourth-order valence-corrected chi connectivity index (χ4v) is 13.8. The normalized spacial score (nSPS) is 53.7. The van der Waals surface area contributed by atoms with Gasteiger partial charge in [0.25, 0.3) is 0 Å². The van der Waals surface area contributed by atoms with E-state index in [-0.39, 0.29) is 46.0 Å². The Morgan fingerprint density at radius 3 is 2.18 bits per heavy atom. The molecule has 0 aromatic heterocycles. The lowest BCUT2D eigenvalue weighted by Gasteiger charge is -2.72. The number of aliphatic hydroxyl groups is 3. The summed E-state index contributed by atoms with van der Waals surface area (Å²) in [6.07, 6.45) is 12.5. The highest BCUT2D eigenvalue weighted by molar-refractivity contribution is 5.19. The van der Waals surface area contributed by atoms with Gasteiger partial charge in [-0.15, -0.1) is 0 Å². The van der Waals surface area contributed by atoms with E-state index in [1.165, 1.54) is 57.8 Å². The lowest BCUT2D eigenvalue weighted by atomic mass is 9.34. The highest BCUT2D eigenvalue weighted by Crippen LogP contribution is 2.73. The smallest absolute Gasteiger partial charge is 0.0656 e. The van der Waals surface area contributed by atoms with E-state index >= 15 is 0 Å². The molecule has 5 fully saturated rings. The number of hydrogen-bond acceptors (Lipinski definition) is 4. The standard InChI is InChI=1S/C40H72O4/c1-23-14-16-28(29-19-27(15-17-31(29)44-11)13-12-18-37(5,6)7)30-21-38(8)22-39(9)20-24(2)32(26(4)41)36(43)40(39,10)25(3)34(38)35(42)33(23)30/h23-36,41-43H,12-22H2,1-11H3. The van der Waals surface area contributed by atoms with Crippen LogP contribution in [0.1, 0.15) is 140 Å². The SMILES string of the molecule is COC1CCC(CCCC(C)(C)C)CC1C1CCC(C)C2C(O)C3C(C)C4(C)C(O)C(C(C)O)C(C)CC4(C)CC3(C)CC12.